The maximum absolute atomic E-state index is 5.90. The number of aryl methyl sites for hydroxylation is 1. The maximum atomic E-state index is 5.90. The number of hydrogen-bond donors (Lipinski definition) is 1. The second-order valence-corrected chi connectivity index (χ2v) is 4.11. The monoisotopic (exact) mass is 331 g/mol. The highest BCUT2D eigenvalue weighted by molar-refractivity contribution is 8.93. The van der Waals surface area contributed by atoms with Crippen molar-refractivity contribution in [1.82, 2.24) is 9.55 Å². The van der Waals surface area contributed by atoms with E-state index in [2.05, 4.69) is 4.98 Å². The van der Waals surface area contributed by atoms with E-state index in [4.69, 9.17) is 5.73 Å². The van der Waals surface area contributed by atoms with Crippen LogP contribution in [0.2, 0.25) is 0 Å². The largest absolute Gasteiger partial charge is 0.385 e. The molecule has 0 radical (unpaired) electrons. The molecule has 0 aliphatic heterocycles. The standard InChI is InChI=1S/C11H12N2.C5H5N.BrH/c1-9-7-8-13(11(9)12)10-5-3-2-4-6-10;1-2-4-6-5-3-1;/h2-8H,12H2,1H3;1-5H;1H. The van der Waals surface area contributed by atoms with E-state index in [1.165, 1.54) is 0 Å². The van der Waals surface area contributed by atoms with Gasteiger partial charge in [0, 0.05) is 24.3 Å². The lowest BCUT2D eigenvalue weighted by Gasteiger charge is -2.05. The van der Waals surface area contributed by atoms with Crippen LogP contribution >= 0.6 is 17.0 Å². The number of hydrogen-bond acceptors (Lipinski definition) is 2. The molecular formula is C16H18BrN3. The van der Waals surface area contributed by atoms with E-state index in [1.807, 2.05) is 72.3 Å². The summed E-state index contributed by atoms with van der Waals surface area (Å²) in [6.07, 6.45) is 5.49. The molecule has 0 atom stereocenters. The van der Waals surface area contributed by atoms with E-state index < -0.39 is 0 Å². The molecule has 0 saturated heterocycles. The first-order valence-corrected chi connectivity index (χ1v) is 6.13. The van der Waals surface area contributed by atoms with Gasteiger partial charge in [-0.15, -0.1) is 17.0 Å². The minimum atomic E-state index is 0. The average molecular weight is 332 g/mol. The predicted molar refractivity (Wildman–Crippen MR) is 89.5 cm³/mol. The van der Waals surface area contributed by atoms with Crippen molar-refractivity contribution in [3.8, 4) is 5.69 Å². The number of nitrogen functional groups attached to an aromatic ring is 1. The maximum Gasteiger partial charge on any atom is 0.110 e. The van der Waals surface area contributed by atoms with Crippen LogP contribution in [-0.4, -0.2) is 9.55 Å². The summed E-state index contributed by atoms with van der Waals surface area (Å²) in [6, 6.07) is 17.8. The van der Waals surface area contributed by atoms with Gasteiger partial charge in [0.2, 0.25) is 0 Å². The Morgan fingerprint density at radius 3 is 1.90 bits per heavy atom. The summed E-state index contributed by atoms with van der Waals surface area (Å²) in [5.74, 6) is 0.811. The zero-order valence-corrected chi connectivity index (χ0v) is 13.0. The predicted octanol–water partition coefficient (Wildman–Crippen LogP) is 4.03. The normalized spacial score (nSPS) is 9.05. The Morgan fingerprint density at radius 2 is 1.50 bits per heavy atom. The summed E-state index contributed by atoms with van der Waals surface area (Å²) in [5, 5.41) is 0. The summed E-state index contributed by atoms with van der Waals surface area (Å²) >= 11 is 0. The zero-order chi connectivity index (χ0) is 13.5. The van der Waals surface area contributed by atoms with Gasteiger partial charge in [-0.2, -0.15) is 0 Å². The molecule has 3 aromatic rings. The van der Waals surface area contributed by atoms with Gasteiger partial charge in [-0.05, 0) is 42.8 Å². The number of benzene rings is 1. The van der Waals surface area contributed by atoms with E-state index in [0.29, 0.717) is 0 Å². The molecule has 0 spiro atoms. The van der Waals surface area contributed by atoms with Gasteiger partial charge in [0.25, 0.3) is 0 Å². The van der Waals surface area contributed by atoms with Gasteiger partial charge in [0.05, 0.1) is 0 Å². The van der Waals surface area contributed by atoms with E-state index in [1.54, 1.807) is 12.4 Å². The molecule has 2 N–H and O–H groups in total. The van der Waals surface area contributed by atoms with Crippen molar-refractivity contribution in [1.29, 1.82) is 0 Å². The topological polar surface area (TPSA) is 43.8 Å². The minimum absolute atomic E-state index is 0. The summed E-state index contributed by atoms with van der Waals surface area (Å²) in [4.78, 5) is 3.78. The Bertz CT molecular complexity index is 579. The number of aromatic nitrogens is 2. The second-order valence-electron chi connectivity index (χ2n) is 4.11. The molecule has 0 saturated carbocycles. The van der Waals surface area contributed by atoms with Crippen LogP contribution in [0.1, 0.15) is 5.56 Å². The Balaban J connectivity index is 0.000000243. The van der Waals surface area contributed by atoms with Gasteiger partial charge in [-0.3, -0.25) is 4.98 Å². The first-order chi connectivity index (χ1) is 9.29. The summed E-state index contributed by atoms with van der Waals surface area (Å²) in [7, 11) is 0. The number of nitrogens with zero attached hydrogens (tertiary/aromatic N) is 2. The summed E-state index contributed by atoms with van der Waals surface area (Å²) in [6.45, 7) is 2.01. The van der Waals surface area contributed by atoms with Crippen LogP contribution in [0.4, 0.5) is 5.82 Å². The number of halogens is 1. The zero-order valence-electron chi connectivity index (χ0n) is 11.3. The SMILES string of the molecule is Br.Cc1ccn(-c2ccccc2)c1N.c1ccncc1. The quantitative estimate of drug-likeness (QED) is 0.731. The van der Waals surface area contributed by atoms with Crippen molar-refractivity contribution in [2.75, 3.05) is 5.73 Å². The molecule has 0 bridgehead atoms. The van der Waals surface area contributed by atoms with Gasteiger partial charge in [0.15, 0.2) is 0 Å². The molecule has 1 aromatic carbocycles. The molecular weight excluding hydrogens is 314 g/mol. The Labute approximate surface area is 129 Å². The Morgan fingerprint density at radius 1 is 0.900 bits per heavy atom. The van der Waals surface area contributed by atoms with Crippen LogP contribution in [0.5, 0.6) is 0 Å². The molecule has 2 aromatic heterocycles. The average Bonchev–Trinajstić information content (AvgIpc) is 2.82. The molecule has 20 heavy (non-hydrogen) atoms. The van der Waals surface area contributed by atoms with E-state index in [0.717, 1.165) is 17.1 Å². The van der Waals surface area contributed by atoms with Crippen LogP contribution in [0.3, 0.4) is 0 Å². The fourth-order valence-corrected chi connectivity index (χ4v) is 1.67. The number of pyridine rings is 1. The molecule has 0 fully saturated rings. The van der Waals surface area contributed by atoms with Gasteiger partial charge in [-0.25, -0.2) is 0 Å². The van der Waals surface area contributed by atoms with Crippen LogP contribution in [0.15, 0.2) is 73.2 Å². The second kappa shape index (κ2) is 8.17. The third-order valence-corrected chi connectivity index (χ3v) is 2.74. The van der Waals surface area contributed by atoms with E-state index in [9.17, 15) is 0 Å². The highest BCUT2D eigenvalue weighted by Gasteiger charge is 2.01. The van der Waals surface area contributed by atoms with Crippen LogP contribution in [0, 0.1) is 6.92 Å². The summed E-state index contributed by atoms with van der Waals surface area (Å²) < 4.78 is 1.98. The van der Waals surface area contributed by atoms with Gasteiger partial charge >= 0.3 is 0 Å². The van der Waals surface area contributed by atoms with Crippen molar-refractivity contribution in [2.24, 2.45) is 0 Å². The third-order valence-electron chi connectivity index (χ3n) is 2.74. The molecule has 2 heterocycles. The van der Waals surface area contributed by atoms with Gasteiger partial charge in [0.1, 0.15) is 5.82 Å². The highest BCUT2D eigenvalue weighted by atomic mass is 79.9. The molecule has 0 amide bonds. The fourth-order valence-electron chi connectivity index (χ4n) is 1.67. The van der Waals surface area contributed by atoms with Crippen LogP contribution in [-0.2, 0) is 0 Å². The van der Waals surface area contributed by atoms with E-state index >= 15 is 0 Å². The number of rotatable bonds is 1. The summed E-state index contributed by atoms with van der Waals surface area (Å²) in [5.41, 5.74) is 8.12. The van der Waals surface area contributed by atoms with E-state index in [-0.39, 0.29) is 17.0 Å². The third kappa shape index (κ3) is 4.24. The smallest absolute Gasteiger partial charge is 0.110 e. The van der Waals surface area contributed by atoms with Crippen molar-refractivity contribution in [2.45, 2.75) is 6.92 Å². The van der Waals surface area contributed by atoms with Crippen molar-refractivity contribution in [3.05, 3.63) is 78.8 Å². The van der Waals surface area contributed by atoms with Gasteiger partial charge < -0.3 is 10.3 Å². The van der Waals surface area contributed by atoms with Crippen LogP contribution in [0.25, 0.3) is 5.69 Å². The Hall–Kier alpha value is -2.07. The van der Waals surface area contributed by atoms with Crippen molar-refractivity contribution < 1.29 is 0 Å². The van der Waals surface area contributed by atoms with Crippen LogP contribution < -0.4 is 5.73 Å². The molecule has 0 aliphatic carbocycles. The number of nitrogens with two attached hydrogens (primary N) is 1. The molecule has 0 unspecified atom stereocenters. The molecule has 4 heteroatoms. The van der Waals surface area contributed by atoms with Gasteiger partial charge in [-0.1, -0.05) is 24.3 Å². The first-order valence-electron chi connectivity index (χ1n) is 6.13. The molecule has 3 nitrogen and oxygen atoms in total. The molecule has 104 valence electrons. The Kier molecular flexibility index (Phi) is 6.53. The lowest BCUT2D eigenvalue weighted by atomic mass is 10.3. The fraction of sp³-hybridized carbons (Fsp3) is 0.0625. The lowest BCUT2D eigenvalue weighted by Crippen LogP contribution is -1.98. The molecule has 0 aliphatic rings. The molecule has 3 rings (SSSR count). The van der Waals surface area contributed by atoms with Crippen molar-refractivity contribution in [3.63, 3.8) is 0 Å². The lowest BCUT2D eigenvalue weighted by molar-refractivity contribution is 1.09. The number of para-hydroxylation sites is 1. The number of anilines is 1. The minimum Gasteiger partial charge on any atom is -0.385 e. The first kappa shape index (κ1) is 16.0. The van der Waals surface area contributed by atoms with Crippen molar-refractivity contribution >= 4 is 22.8 Å². The highest BCUT2D eigenvalue weighted by Crippen LogP contribution is 2.17.